The van der Waals surface area contributed by atoms with Crippen LogP contribution in [0.4, 0.5) is 0 Å². The van der Waals surface area contributed by atoms with E-state index in [4.69, 9.17) is 4.74 Å². The second kappa shape index (κ2) is 10.4. The Bertz CT molecular complexity index is 1020. The summed E-state index contributed by atoms with van der Waals surface area (Å²) in [5, 5.41) is 15.7. The molecule has 0 spiro atoms. The van der Waals surface area contributed by atoms with E-state index in [-0.39, 0.29) is 35.1 Å². The van der Waals surface area contributed by atoms with Crippen molar-refractivity contribution in [1.82, 2.24) is 15.6 Å². The molecule has 2 amide bonds. The first kappa shape index (κ1) is 22.8. The Morgan fingerprint density at radius 1 is 0.906 bits per heavy atom. The number of hydrogen-bond donors (Lipinski definition) is 3. The fourth-order valence-corrected chi connectivity index (χ4v) is 3.62. The molecule has 0 saturated heterocycles. The molecular weight excluding hydrogens is 406 g/mol. The molecule has 166 valence electrons. The normalized spacial score (nSPS) is 12.6. The molecule has 0 aliphatic rings. The first-order valence-electron chi connectivity index (χ1n) is 10.4. The van der Waals surface area contributed by atoms with Gasteiger partial charge in [0.25, 0.3) is 5.91 Å². The summed E-state index contributed by atoms with van der Waals surface area (Å²) < 4.78 is 5.00. The highest BCUT2D eigenvalue weighted by atomic mass is 16.5. The lowest BCUT2D eigenvalue weighted by Crippen LogP contribution is -2.49. The zero-order valence-electron chi connectivity index (χ0n) is 18.3. The number of amides is 2. The summed E-state index contributed by atoms with van der Waals surface area (Å²) in [6.45, 7) is 3.52. The van der Waals surface area contributed by atoms with Gasteiger partial charge < -0.3 is 20.5 Å². The van der Waals surface area contributed by atoms with Gasteiger partial charge in [-0.25, -0.2) is 4.98 Å². The fourth-order valence-electron chi connectivity index (χ4n) is 3.62. The Hall–Kier alpha value is -3.87. The molecule has 3 aromatic rings. The van der Waals surface area contributed by atoms with Crippen LogP contribution in [0.15, 0.2) is 72.9 Å². The highest BCUT2D eigenvalue weighted by Crippen LogP contribution is 2.29. The number of ether oxygens (including phenoxy) is 1. The van der Waals surface area contributed by atoms with E-state index in [0.29, 0.717) is 0 Å². The number of pyridine rings is 1. The maximum absolute atomic E-state index is 12.9. The number of carbonyl (C=O) groups excluding carboxylic acids is 2. The predicted octanol–water partition coefficient (Wildman–Crippen LogP) is 3.25. The van der Waals surface area contributed by atoms with Gasteiger partial charge in [-0.2, -0.15) is 0 Å². The van der Waals surface area contributed by atoms with E-state index in [1.54, 1.807) is 6.92 Å². The van der Waals surface area contributed by atoms with Gasteiger partial charge in [-0.1, -0.05) is 60.7 Å². The van der Waals surface area contributed by atoms with Crippen LogP contribution in [0.5, 0.6) is 11.5 Å². The van der Waals surface area contributed by atoms with Gasteiger partial charge in [0.05, 0.1) is 7.11 Å². The number of aromatic hydroxyl groups is 1. The van der Waals surface area contributed by atoms with Crippen molar-refractivity contribution in [1.29, 1.82) is 0 Å². The Balaban J connectivity index is 1.72. The Kier molecular flexibility index (Phi) is 7.44. The van der Waals surface area contributed by atoms with Crippen LogP contribution in [-0.2, 0) is 4.79 Å². The second-order valence-corrected chi connectivity index (χ2v) is 7.50. The molecular formula is C25H27N3O4. The molecule has 7 heteroatoms. The van der Waals surface area contributed by atoms with Gasteiger partial charge in [-0.15, -0.1) is 0 Å². The number of hydrogen-bond acceptors (Lipinski definition) is 5. The SMILES string of the molecule is COc1ccnc(C(=O)N[C@@H](C)C(=O)N[C@@H](C)C(c2ccccc2)c2ccccc2)c1O. The first-order valence-corrected chi connectivity index (χ1v) is 10.4. The van der Waals surface area contributed by atoms with E-state index in [2.05, 4.69) is 15.6 Å². The van der Waals surface area contributed by atoms with Gasteiger partial charge in [-0.05, 0) is 25.0 Å². The summed E-state index contributed by atoms with van der Waals surface area (Å²) in [5.74, 6) is -1.32. The molecule has 2 aromatic carbocycles. The molecule has 1 heterocycles. The molecule has 0 unspecified atom stereocenters. The lowest BCUT2D eigenvalue weighted by atomic mass is 9.85. The Labute approximate surface area is 187 Å². The third-order valence-electron chi connectivity index (χ3n) is 5.25. The Morgan fingerprint density at radius 3 is 2.00 bits per heavy atom. The molecule has 0 aliphatic carbocycles. The maximum Gasteiger partial charge on any atom is 0.274 e. The predicted molar refractivity (Wildman–Crippen MR) is 122 cm³/mol. The minimum atomic E-state index is -0.843. The molecule has 0 saturated carbocycles. The van der Waals surface area contributed by atoms with E-state index >= 15 is 0 Å². The van der Waals surface area contributed by atoms with Crippen LogP contribution in [0, 0.1) is 0 Å². The van der Waals surface area contributed by atoms with E-state index in [1.165, 1.54) is 19.4 Å². The quantitative estimate of drug-likeness (QED) is 0.506. The smallest absolute Gasteiger partial charge is 0.274 e. The standard InChI is InChI=1S/C25H27N3O4/c1-16(21(18-10-6-4-7-11-18)19-12-8-5-9-13-19)27-24(30)17(2)28-25(31)22-23(29)20(32-3)14-15-26-22/h4-17,21,29H,1-3H3,(H,27,30)(H,28,31)/t16-,17-/m0/s1. The molecule has 0 aliphatic heterocycles. The number of methoxy groups -OCH3 is 1. The average molecular weight is 434 g/mol. The van der Waals surface area contributed by atoms with Gasteiger partial charge in [0, 0.05) is 24.2 Å². The molecule has 0 fully saturated rings. The second-order valence-electron chi connectivity index (χ2n) is 7.50. The van der Waals surface area contributed by atoms with Gasteiger partial charge in [0.2, 0.25) is 5.91 Å². The number of nitrogens with zero attached hydrogens (tertiary/aromatic N) is 1. The van der Waals surface area contributed by atoms with Crippen LogP contribution >= 0.6 is 0 Å². The van der Waals surface area contributed by atoms with Crippen LogP contribution in [-0.4, -0.2) is 41.1 Å². The summed E-state index contributed by atoms with van der Waals surface area (Å²) >= 11 is 0. The molecule has 32 heavy (non-hydrogen) atoms. The highest BCUT2D eigenvalue weighted by molar-refractivity contribution is 5.98. The van der Waals surface area contributed by atoms with Crippen molar-refractivity contribution in [2.24, 2.45) is 0 Å². The summed E-state index contributed by atoms with van der Waals surface area (Å²) in [6, 6.07) is 20.3. The van der Waals surface area contributed by atoms with Gasteiger partial charge in [0.1, 0.15) is 6.04 Å². The van der Waals surface area contributed by atoms with Gasteiger partial charge >= 0.3 is 0 Å². The van der Waals surface area contributed by atoms with Crippen molar-refractivity contribution in [3.05, 3.63) is 89.7 Å². The van der Waals surface area contributed by atoms with Crippen molar-refractivity contribution in [2.45, 2.75) is 31.8 Å². The molecule has 2 atom stereocenters. The van der Waals surface area contributed by atoms with Gasteiger partial charge in [-0.3, -0.25) is 9.59 Å². The van der Waals surface area contributed by atoms with Crippen molar-refractivity contribution in [3.63, 3.8) is 0 Å². The number of nitrogens with one attached hydrogen (secondary N) is 2. The molecule has 1 aromatic heterocycles. The maximum atomic E-state index is 12.9. The summed E-state index contributed by atoms with van der Waals surface area (Å²) in [7, 11) is 1.38. The highest BCUT2D eigenvalue weighted by Gasteiger charge is 2.26. The number of rotatable bonds is 8. The summed E-state index contributed by atoms with van der Waals surface area (Å²) in [4.78, 5) is 29.3. The van der Waals surface area contributed by atoms with E-state index < -0.39 is 11.9 Å². The first-order chi connectivity index (χ1) is 15.4. The van der Waals surface area contributed by atoms with Crippen LogP contribution in [0.2, 0.25) is 0 Å². The zero-order valence-corrected chi connectivity index (χ0v) is 18.3. The van der Waals surface area contributed by atoms with Crippen LogP contribution in [0.1, 0.15) is 41.4 Å². The lowest BCUT2D eigenvalue weighted by Gasteiger charge is -2.27. The monoisotopic (exact) mass is 433 g/mol. The number of benzene rings is 2. The lowest BCUT2D eigenvalue weighted by molar-refractivity contribution is -0.123. The van der Waals surface area contributed by atoms with Crippen LogP contribution < -0.4 is 15.4 Å². The largest absolute Gasteiger partial charge is 0.503 e. The van der Waals surface area contributed by atoms with Gasteiger partial charge in [0.15, 0.2) is 17.2 Å². The van der Waals surface area contributed by atoms with E-state index in [1.807, 2.05) is 67.6 Å². The number of carbonyl (C=O) groups is 2. The van der Waals surface area contributed by atoms with Crippen LogP contribution in [0.25, 0.3) is 0 Å². The topological polar surface area (TPSA) is 101 Å². The third kappa shape index (κ3) is 5.24. The van der Waals surface area contributed by atoms with Crippen molar-refractivity contribution < 1.29 is 19.4 Å². The van der Waals surface area contributed by atoms with Crippen molar-refractivity contribution >= 4 is 11.8 Å². The molecule has 3 N–H and O–H groups in total. The van der Waals surface area contributed by atoms with Crippen molar-refractivity contribution in [3.8, 4) is 11.5 Å². The molecule has 0 radical (unpaired) electrons. The average Bonchev–Trinajstić information content (AvgIpc) is 2.80. The summed E-state index contributed by atoms with van der Waals surface area (Å²) in [5.41, 5.74) is 1.95. The zero-order chi connectivity index (χ0) is 23.1. The number of aromatic nitrogens is 1. The molecule has 7 nitrogen and oxygen atoms in total. The van der Waals surface area contributed by atoms with Crippen LogP contribution in [0.3, 0.4) is 0 Å². The third-order valence-corrected chi connectivity index (χ3v) is 5.25. The van der Waals surface area contributed by atoms with E-state index in [9.17, 15) is 14.7 Å². The molecule has 0 bridgehead atoms. The fraction of sp³-hybridized carbons (Fsp3) is 0.240. The minimum Gasteiger partial charge on any atom is -0.503 e. The minimum absolute atomic E-state index is 0.0617. The molecule has 3 rings (SSSR count). The van der Waals surface area contributed by atoms with E-state index in [0.717, 1.165) is 11.1 Å². The van der Waals surface area contributed by atoms with Crippen molar-refractivity contribution in [2.75, 3.05) is 7.11 Å². The summed E-state index contributed by atoms with van der Waals surface area (Å²) in [6.07, 6.45) is 1.35. The Morgan fingerprint density at radius 2 is 1.47 bits per heavy atom.